The SMILES string of the molecule is [B-][P+](C)(CC(=O)O)c1ccccc1. The maximum atomic E-state index is 10.5. The fourth-order valence-corrected chi connectivity index (χ4v) is 2.74. The summed E-state index contributed by atoms with van der Waals surface area (Å²) in [5.41, 5.74) is 0. The highest BCUT2D eigenvalue weighted by Crippen LogP contribution is 2.47. The summed E-state index contributed by atoms with van der Waals surface area (Å²) in [6, 6.07) is 9.42. The average Bonchev–Trinajstić information content (AvgIpc) is 2.04. The van der Waals surface area contributed by atoms with Gasteiger partial charge in [0.2, 0.25) is 0 Å². The van der Waals surface area contributed by atoms with Gasteiger partial charge in [0.05, 0.1) is 0 Å². The van der Waals surface area contributed by atoms with Gasteiger partial charge in [-0.05, 0) is 12.1 Å². The summed E-state index contributed by atoms with van der Waals surface area (Å²) in [6.07, 6.45) is 0.0526. The number of hydrogen-bond donors (Lipinski definition) is 1. The first-order valence-corrected chi connectivity index (χ1v) is 6.43. The van der Waals surface area contributed by atoms with Crippen LogP contribution in [0.2, 0.25) is 0 Å². The fraction of sp³-hybridized carbons (Fsp3) is 0.222. The van der Waals surface area contributed by atoms with Crippen LogP contribution in [0.5, 0.6) is 0 Å². The Balaban J connectivity index is 2.87. The van der Waals surface area contributed by atoms with Crippen LogP contribution < -0.4 is 5.30 Å². The lowest BCUT2D eigenvalue weighted by Gasteiger charge is -2.29. The van der Waals surface area contributed by atoms with Gasteiger partial charge in [0.25, 0.3) is 0 Å². The Morgan fingerprint density at radius 3 is 2.46 bits per heavy atom. The number of benzene rings is 1. The van der Waals surface area contributed by atoms with Crippen molar-refractivity contribution in [3.8, 4) is 0 Å². The minimum atomic E-state index is -1.95. The van der Waals surface area contributed by atoms with E-state index in [0.29, 0.717) is 0 Å². The second-order valence-corrected chi connectivity index (χ2v) is 6.52. The summed E-state index contributed by atoms with van der Waals surface area (Å²) >= 11 is 0. The molecule has 67 valence electrons. The monoisotopic (exact) mass is 193 g/mol. The second kappa shape index (κ2) is 3.93. The molecule has 0 fully saturated rings. The molecule has 13 heavy (non-hydrogen) atoms. The first-order valence-electron chi connectivity index (χ1n) is 3.94. The smallest absolute Gasteiger partial charge is 0.337 e. The molecule has 1 aromatic carbocycles. The van der Waals surface area contributed by atoms with Crippen molar-refractivity contribution in [1.82, 2.24) is 0 Å². The molecule has 1 N–H and O–H groups in total. The lowest BCUT2D eigenvalue weighted by Crippen LogP contribution is -2.18. The van der Waals surface area contributed by atoms with Crippen LogP contribution in [0.15, 0.2) is 30.3 Å². The molecule has 0 heterocycles. The van der Waals surface area contributed by atoms with E-state index < -0.39 is 13.1 Å². The zero-order chi connectivity index (χ0) is 9.90. The maximum absolute atomic E-state index is 10.5. The van der Waals surface area contributed by atoms with Gasteiger partial charge in [0.1, 0.15) is 6.16 Å². The van der Waals surface area contributed by atoms with Crippen molar-refractivity contribution >= 4 is 26.0 Å². The van der Waals surface area contributed by atoms with Gasteiger partial charge in [0.15, 0.2) is 0 Å². The van der Waals surface area contributed by atoms with Gasteiger partial charge in [-0.25, -0.2) is 11.9 Å². The average molecular weight is 193 g/mol. The molecule has 4 heteroatoms. The standard InChI is InChI=1S/C9H10BO2P/c1-13(10,7-9(11)12)8-5-3-2-4-6-8/h2-6H,7H2,1H3/q-1/p+1. The van der Waals surface area contributed by atoms with Gasteiger partial charge in [-0.2, -0.15) is 0 Å². The van der Waals surface area contributed by atoms with Gasteiger partial charge >= 0.3 is 5.97 Å². The van der Waals surface area contributed by atoms with Crippen LogP contribution >= 0.6 is 7.14 Å². The van der Waals surface area contributed by atoms with Crippen molar-refractivity contribution in [3.05, 3.63) is 30.3 Å². The van der Waals surface area contributed by atoms with Crippen molar-refractivity contribution in [2.45, 2.75) is 0 Å². The van der Waals surface area contributed by atoms with Crippen molar-refractivity contribution in [1.29, 1.82) is 0 Å². The third-order valence-electron chi connectivity index (χ3n) is 1.81. The maximum Gasteiger partial charge on any atom is 0.337 e. The summed E-state index contributed by atoms with van der Waals surface area (Å²) in [5.74, 6) is -0.831. The topological polar surface area (TPSA) is 37.3 Å². The Hall–Kier alpha value is -0.815. The van der Waals surface area contributed by atoms with Gasteiger partial charge < -0.3 is 5.11 Å². The minimum Gasteiger partial charge on any atom is -0.479 e. The van der Waals surface area contributed by atoms with Crippen LogP contribution in [0.1, 0.15) is 0 Å². The number of aliphatic carboxylic acids is 1. The molecular weight excluding hydrogens is 182 g/mol. The molecule has 0 saturated heterocycles. The van der Waals surface area contributed by atoms with Gasteiger partial charge in [-0.3, -0.25) is 7.57 Å². The molecule has 0 aromatic heterocycles. The summed E-state index contributed by atoms with van der Waals surface area (Å²) < 4.78 is 0. The van der Waals surface area contributed by atoms with Crippen LogP contribution in [-0.4, -0.2) is 31.5 Å². The third kappa shape index (κ3) is 2.85. The van der Waals surface area contributed by atoms with Crippen molar-refractivity contribution in [3.63, 3.8) is 0 Å². The highest BCUT2D eigenvalue weighted by molar-refractivity contribution is 8.03. The van der Waals surface area contributed by atoms with E-state index in [-0.39, 0.29) is 6.16 Å². The van der Waals surface area contributed by atoms with Gasteiger partial charge in [0, 0.05) is 12.0 Å². The van der Waals surface area contributed by atoms with Crippen LogP contribution in [-0.2, 0) is 4.79 Å². The predicted molar refractivity (Wildman–Crippen MR) is 57.2 cm³/mol. The van der Waals surface area contributed by atoms with E-state index in [1.165, 1.54) is 0 Å². The molecule has 0 aliphatic rings. The minimum absolute atomic E-state index is 0.0526. The van der Waals surface area contributed by atoms with Crippen LogP contribution in [0.3, 0.4) is 0 Å². The summed E-state index contributed by atoms with van der Waals surface area (Å²) in [5, 5.41) is 9.61. The fourth-order valence-electron chi connectivity index (χ4n) is 1.14. The number of hydrogen-bond acceptors (Lipinski definition) is 1. The zero-order valence-corrected chi connectivity index (χ0v) is 8.37. The quantitative estimate of drug-likeness (QED) is 0.576. The van der Waals surface area contributed by atoms with E-state index in [1.807, 2.05) is 37.0 Å². The number of carboxylic acid groups (broad SMARTS) is 1. The first-order chi connectivity index (χ1) is 6.02. The molecule has 0 saturated carbocycles. The summed E-state index contributed by atoms with van der Waals surface area (Å²) in [6.45, 7) is 1.83. The lowest BCUT2D eigenvalue weighted by molar-refractivity contribution is -0.134. The Morgan fingerprint density at radius 2 is 2.00 bits per heavy atom. The first kappa shape index (κ1) is 10.3. The van der Waals surface area contributed by atoms with Gasteiger partial charge in [-0.15, -0.1) is 0 Å². The number of rotatable bonds is 3. The zero-order valence-electron chi connectivity index (χ0n) is 7.47. The molecule has 0 spiro atoms. The molecule has 1 rings (SSSR count). The second-order valence-electron chi connectivity index (χ2n) is 3.16. The molecule has 1 unspecified atom stereocenters. The van der Waals surface area contributed by atoms with E-state index in [1.54, 1.807) is 0 Å². The Kier molecular flexibility index (Phi) is 3.10. The Labute approximate surface area is 79.7 Å². The predicted octanol–water partition coefficient (Wildman–Crippen LogP) is 1.13. The summed E-state index contributed by atoms with van der Waals surface area (Å²) in [7, 11) is 4.02. The molecule has 2 nitrogen and oxygen atoms in total. The van der Waals surface area contributed by atoms with E-state index in [2.05, 4.69) is 0 Å². The largest absolute Gasteiger partial charge is 0.479 e. The Bertz CT molecular complexity index is 298. The van der Waals surface area contributed by atoms with Crippen LogP contribution in [0, 0.1) is 0 Å². The molecule has 0 amide bonds. The molecule has 1 aromatic rings. The highest BCUT2D eigenvalue weighted by atomic mass is 31.2. The molecule has 0 aliphatic carbocycles. The van der Waals surface area contributed by atoms with Crippen molar-refractivity contribution in [2.24, 2.45) is 0 Å². The number of carbonyl (C=O) groups is 1. The highest BCUT2D eigenvalue weighted by Gasteiger charge is 2.18. The van der Waals surface area contributed by atoms with E-state index in [9.17, 15) is 4.79 Å². The molecule has 0 aliphatic heterocycles. The van der Waals surface area contributed by atoms with E-state index in [0.717, 1.165) is 5.30 Å². The lowest BCUT2D eigenvalue weighted by atomic mass is 10.4. The summed E-state index contributed by atoms with van der Waals surface area (Å²) in [4.78, 5) is 10.5. The van der Waals surface area contributed by atoms with Gasteiger partial charge in [-0.1, -0.05) is 18.2 Å². The van der Waals surface area contributed by atoms with Crippen LogP contribution in [0.25, 0.3) is 0 Å². The molecule has 1 atom stereocenters. The molecule has 3 radical (unpaired) electrons. The normalized spacial score (nSPS) is 14.9. The van der Waals surface area contributed by atoms with E-state index in [4.69, 9.17) is 12.7 Å². The van der Waals surface area contributed by atoms with Crippen molar-refractivity contribution in [2.75, 3.05) is 12.8 Å². The van der Waals surface area contributed by atoms with Crippen LogP contribution in [0.4, 0.5) is 0 Å². The van der Waals surface area contributed by atoms with Crippen molar-refractivity contribution < 1.29 is 9.90 Å². The molecule has 0 bridgehead atoms. The number of carboxylic acids is 1. The third-order valence-corrected chi connectivity index (χ3v) is 4.22. The molecular formula is C9H11BO2P. The van der Waals surface area contributed by atoms with E-state index >= 15 is 0 Å². The Morgan fingerprint density at radius 1 is 1.46 bits per heavy atom.